The van der Waals surface area contributed by atoms with Gasteiger partial charge in [0.15, 0.2) is 0 Å². The molecule has 1 N–H and O–H groups in total. The Morgan fingerprint density at radius 2 is 2.00 bits per heavy atom. The molecule has 0 aliphatic rings. The lowest BCUT2D eigenvalue weighted by molar-refractivity contribution is -0.386. The fourth-order valence-corrected chi connectivity index (χ4v) is 1.28. The Labute approximate surface area is 110 Å². The van der Waals surface area contributed by atoms with E-state index < -0.39 is 16.6 Å². The molecule has 104 valence electrons. The molecule has 1 aromatic rings. The first-order valence-corrected chi connectivity index (χ1v) is 5.62. The SMILES string of the molecule is CC(C)(C)OC(=O)NOCc1ccccc1[N+](=O)[O-]. The van der Waals surface area contributed by atoms with E-state index in [9.17, 15) is 14.9 Å². The normalized spacial score (nSPS) is 10.9. The van der Waals surface area contributed by atoms with E-state index in [0.717, 1.165) is 0 Å². The maximum atomic E-state index is 11.3. The molecular weight excluding hydrogens is 252 g/mol. The Balaban J connectivity index is 2.50. The van der Waals surface area contributed by atoms with Gasteiger partial charge in [-0.05, 0) is 26.8 Å². The number of benzene rings is 1. The predicted octanol–water partition coefficient (Wildman–Crippen LogP) is 2.55. The minimum Gasteiger partial charge on any atom is -0.442 e. The Kier molecular flexibility index (Phi) is 4.82. The average molecular weight is 268 g/mol. The number of hydrogen-bond donors (Lipinski definition) is 1. The summed E-state index contributed by atoms with van der Waals surface area (Å²) in [4.78, 5) is 26.4. The van der Waals surface area contributed by atoms with Gasteiger partial charge in [0.05, 0.1) is 10.5 Å². The number of hydrogen-bond acceptors (Lipinski definition) is 5. The van der Waals surface area contributed by atoms with Crippen molar-refractivity contribution in [3.8, 4) is 0 Å². The van der Waals surface area contributed by atoms with Gasteiger partial charge in [0, 0.05) is 6.07 Å². The summed E-state index contributed by atoms with van der Waals surface area (Å²) in [6.07, 6.45) is -0.744. The smallest absolute Gasteiger partial charge is 0.431 e. The van der Waals surface area contributed by atoms with Gasteiger partial charge in [-0.3, -0.25) is 15.0 Å². The van der Waals surface area contributed by atoms with Crippen LogP contribution in [0.25, 0.3) is 0 Å². The van der Waals surface area contributed by atoms with Crippen LogP contribution in [0.15, 0.2) is 24.3 Å². The van der Waals surface area contributed by atoms with Gasteiger partial charge in [-0.15, -0.1) is 0 Å². The van der Waals surface area contributed by atoms with Crippen LogP contribution >= 0.6 is 0 Å². The van der Waals surface area contributed by atoms with E-state index in [0.29, 0.717) is 5.56 Å². The Hall–Kier alpha value is -2.15. The molecule has 0 aliphatic carbocycles. The molecule has 0 saturated heterocycles. The highest BCUT2D eigenvalue weighted by molar-refractivity contribution is 5.66. The molecule has 0 aromatic heterocycles. The van der Waals surface area contributed by atoms with E-state index >= 15 is 0 Å². The molecule has 0 saturated carbocycles. The number of rotatable bonds is 4. The zero-order chi connectivity index (χ0) is 14.5. The first-order valence-electron chi connectivity index (χ1n) is 5.62. The van der Waals surface area contributed by atoms with Crippen molar-refractivity contribution in [2.75, 3.05) is 0 Å². The van der Waals surface area contributed by atoms with E-state index in [-0.39, 0.29) is 12.3 Å². The number of nitrogens with zero attached hydrogens (tertiary/aromatic N) is 1. The lowest BCUT2D eigenvalue weighted by Gasteiger charge is -2.19. The van der Waals surface area contributed by atoms with Crippen molar-refractivity contribution in [3.05, 3.63) is 39.9 Å². The second-order valence-electron chi connectivity index (χ2n) is 4.78. The van der Waals surface area contributed by atoms with Crippen molar-refractivity contribution in [1.29, 1.82) is 0 Å². The van der Waals surface area contributed by atoms with Gasteiger partial charge < -0.3 is 4.74 Å². The summed E-state index contributed by atoms with van der Waals surface area (Å²) in [5.41, 5.74) is 1.74. The van der Waals surface area contributed by atoms with Gasteiger partial charge >= 0.3 is 6.09 Å². The van der Waals surface area contributed by atoms with Gasteiger partial charge in [0.1, 0.15) is 12.2 Å². The van der Waals surface area contributed by atoms with Crippen LogP contribution in [0.2, 0.25) is 0 Å². The lowest BCUT2D eigenvalue weighted by atomic mass is 10.2. The second kappa shape index (κ2) is 6.14. The maximum Gasteiger partial charge on any atom is 0.431 e. The molecule has 19 heavy (non-hydrogen) atoms. The summed E-state index contributed by atoms with van der Waals surface area (Å²) in [6.45, 7) is 5.04. The standard InChI is InChI=1S/C12H16N2O5/c1-12(2,3)19-11(15)13-18-8-9-6-4-5-7-10(9)14(16)17/h4-7H,8H2,1-3H3,(H,13,15). The second-order valence-corrected chi connectivity index (χ2v) is 4.78. The van der Waals surface area contributed by atoms with Gasteiger partial charge in [-0.25, -0.2) is 4.79 Å². The topological polar surface area (TPSA) is 90.7 Å². The number of ether oxygens (including phenoxy) is 1. The third kappa shape index (κ3) is 5.35. The molecule has 0 heterocycles. The summed E-state index contributed by atoms with van der Waals surface area (Å²) in [5, 5.41) is 10.7. The molecule has 0 bridgehead atoms. The lowest BCUT2D eigenvalue weighted by Crippen LogP contribution is -2.32. The first-order chi connectivity index (χ1) is 8.79. The minimum atomic E-state index is -0.744. The van der Waals surface area contributed by atoms with Crippen molar-refractivity contribution in [2.24, 2.45) is 0 Å². The van der Waals surface area contributed by atoms with Crippen molar-refractivity contribution in [2.45, 2.75) is 33.0 Å². The molecular formula is C12H16N2O5. The summed E-state index contributed by atoms with van der Waals surface area (Å²) in [6, 6.07) is 6.13. The molecule has 0 spiro atoms. The Morgan fingerprint density at radius 1 is 1.37 bits per heavy atom. The van der Waals surface area contributed by atoms with Gasteiger partial charge in [0.2, 0.25) is 0 Å². The number of carbonyl (C=O) groups is 1. The van der Waals surface area contributed by atoms with Crippen LogP contribution in [0.3, 0.4) is 0 Å². The largest absolute Gasteiger partial charge is 0.442 e. The zero-order valence-corrected chi connectivity index (χ0v) is 11.0. The molecule has 0 unspecified atom stereocenters. The van der Waals surface area contributed by atoms with Crippen molar-refractivity contribution >= 4 is 11.8 Å². The molecule has 0 atom stereocenters. The molecule has 1 aromatic carbocycles. The van der Waals surface area contributed by atoms with Crippen LogP contribution in [-0.4, -0.2) is 16.6 Å². The molecule has 1 rings (SSSR count). The zero-order valence-electron chi connectivity index (χ0n) is 11.0. The third-order valence-electron chi connectivity index (χ3n) is 1.97. The predicted molar refractivity (Wildman–Crippen MR) is 67.3 cm³/mol. The maximum absolute atomic E-state index is 11.3. The summed E-state index contributed by atoms with van der Waals surface area (Å²) >= 11 is 0. The minimum absolute atomic E-state index is 0.0616. The Morgan fingerprint density at radius 3 is 2.58 bits per heavy atom. The van der Waals surface area contributed by atoms with Crippen LogP contribution in [-0.2, 0) is 16.2 Å². The average Bonchev–Trinajstić information content (AvgIpc) is 2.27. The molecule has 7 heteroatoms. The summed E-state index contributed by atoms with van der Waals surface area (Å²) < 4.78 is 4.94. The van der Waals surface area contributed by atoms with Crippen LogP contribution < -0.4 is 5.48 Å². The van der Waals surface area contributed by atoms with E-state index in [1.165, 1.54) is 6.07 Å². The van der Waals surface area contributed by atoms with E-state index in [4.69, 9.17) is 9.57 Å². The fourth-order valence-electron chi connectivity index (χ4n) is 1.28. The molecule has 0 fully saturated rings. The van der Waals surface area contributed by atoms with Crippen LogP contribution in [0, 0.1) is 10.1 Å². The first kappa shape index (κ1) is 14.9. The van der Waals surface area contributed by atoms with Crippen molar-refractivity contribution < 1.29 is 19.3 Å². The molecule has 7 nitrogen and oxygen atoms in total. The van der Waals surface area contributed by atoms with E-state index in [1.54, 1.807) is 39.0 Å². The summed E-state index contributed by atoms with van der Waals surface area (Å²) in [5.74, 6) is 0. The van der Waals surface area contributed by atoms with Gasteiger partial charge in [-0.1, -0.05) is 12.1 Å². The molecule has 0 aliphatic heterocycles. The fraction of sp³-hybridized carbons (Fsp3) is 0.417. The number of nitro groups is 1. The number of para-hydroxylation sites is 1. The van der Waals surface area contributed by atoms with E-state index in [2.05, 4.69) is 5.48 Å². The highest BCUT2D eigenvalue weighted by atomic mass is 16.7. The van der Waals surface area contributed by atoms with Crippen molar-refractivity contribution in [3.63, 3.8) is 0 Å². The van der Waals surface area contributed by atoms with Crippen LogP contribution in [0.5, 0.6) is 0 Å². The number of hydroxylamine groups is 1. The number of nitro benzene ring substituents is 1. The summed E-state index contributed by atoms with van der Waals surface area (Å²) in [7, 11) is 0. The highest BCUT2D eigenvalue weighted by Gasteiger charge is 2.17. The highest BCUT2D eigenvalue weighted by Crippen LogP contribution is 2.18. The van der Waals surface area contributed by atoms with Gasteiger partial charge in [0.25, 0.3) is 5.69 Å². The monoisotopic (exact) mass is 268 g/mol. The van der Waals surface area contributed by atoms with E-state index in [1.807, 2.05) is 0 Å². The molecule has 1 amide bonds. The number of carbonyl (C=O) groups excluding carboxylic acids is 1. The third-order valence-corrected chi connectivity index (χ3v) is 1.97. The number of amides is 1. The van der Waals surface area contributed by atoms with Crippen LogP contribution in [0.1, 0.15) is 26.3 Å². The molecule has 0 radical (unpaired) electrons. The quantitative estimate of drug-likeness (QED) is 0.669. The van der Waals surface area contributed by atoms with Gasteiger partial charge in [-0.2, -0.15) is 5.48 Å². The Bertz CT molecular complexity index is 467. The van der Waals surface area contributed by atoms with Crippen LogP contribution in [0.4, 0.5) is 10.5 Å². The van der Waals surface area contributed by atoms with Crippen molar-refractivity contribution in [1.82, 2.24) is 5.48 Å². The number of nitrogens with one attached hydrogen (secondary N) is 1.